The van der Waals surface area contributed by atoms with Crippen molar-refractivity contribution in [3.05, 3.63) is 58.7 Å². The number of benzene rings is 2. The van der Waals surface area contributed by atoms with E-state index in [1.165, 1.54) is 11.1 Å². The molecule has 1 atom stereocenters. The summed E-state index contributed by atoms with van der Waals surface area (Å²) < 4.78 is 5.73. The molecule has 0 fully saturated rings. The highest BCUT2D eigenvalue weighted by Gasteiger charge is 2.31. The van der Waals surface area contributed by atoms with Crippen LogP contribution in [0.5, 0.6) is 5.75 Å². The second-order valence-electron chi connectivity index (χ2n) is 8.87. The number of methoxy groups -OCH3 is 1. The average Bonchev–Trinajstić information content (AvgIpc) is 2.82. The van der Waals surface area contributed by atoms with Crippen LogP contribution in [0.2, 0.25) is 5.02 Å². The molecule has 1 unspecified atom stereocenters. The molecule has 8 heteroatoms. The monoisotopic (exact) mass is 497 g/mol. The first-order valence-corrected chi connectivity index (χ1v) is 12.9. The summed E-state index contributed by atoms with van der Waals surface area (Å²) in [7, 11) is 1.69. The van der Waals surface area contributed by atoms with Gasteiger partial charge in [0.05, 0.1) is 24.7 Å². The van der Waals surface area contributed by atoms with Gasteiger partial charge < -0.3 is 20.7 Å². The first-order chi connectivity index (χ1) is 16.3. The van der Waals surface area contributed by atoms with Crippen molar-refractivity contribution in [3.8, 4) is 5.75 Å². The van der Waals surface area contributed by atoms with Crippen LogP contribution in [0.3, 0.4) is 0 Å². The number of para-hydroxylation sites is 1. The predicted molar refractivity (Wildman–Crippen MR) is 143 cm³/mol. The van der Waals surface area contributed by atoms with Crippen LogP contribution in [-0.2, 0) is 12.0 Å². The summed E-state index contributed by atoms with van der Waals surface area (Å²) in [4.78, 5) is 10.2. The summed E-state index contributed by atoms with van der Waals surface area (Å²) in [5.41, 5.74) is 4.33. The van der Waals surface area contributed by atoms with E-state index in [9.17, 15) is 0 Å². The van der Waals surface area contributed by atoms with Gasteiger partial charge in [0, 0.05) is 22.2 Å². The molecule has 0 saturated heterocycles. The van der Waals surface area contributed by atoms with Crippen molar-refractivity contribution in [2.45, 2.75) is 56.2 Å². The molecule has 3 aromatic rings. The van der Waals surface area contributed by atoms with E-state index >= 15 is 0 Å². The maximum atomic E-state index is 6.45. The lowest BCUT2D eigenvalue weighted by Gasteiger charge is -2.37. The number of hydrogen-bond acceptors (Lipinski definition) is 7. The highest BCUT2D eigenvalue weighted by molar-refractivity contribution is 8.00. The van der Waals surface area contributed by atoms with Gasteiger partial charge in [0.25, 0.3) is 0 Å². The SMILES string of the molecule is CCC1(C)NCCc2cc(Nc3ncc(Cl)c(Nc4ccccc4SC(C)C)n3)c(OC)cc21. The van der Waals surface area contributed by atoms with Crippen LogP contribution in [0.4, 0.5) is 23.1 Å². The van der Waals surface area contributed by atoms with Gasteiger partial charge in [-0.1, -0.05) is 44.5 Å². The lowest BCUT2D eigenvalue weighted by molar-refractivity contribution is 0.332. The predicted octanol–water partition coefficient (Wildman–Crippen LogP) is 6.90. The van der Waals surface area contributed by atoms with Crippen LogP contribution in [-0.4, -0.2) is 28.9 Å². The van der Waals surface area contributed by atoms with E-state index in [2.05, 4.69) is 71.8 Å². The highest BCUT2D eigenvalue weighted by atomic mass is 35.5. The number of thioether (sulfide) groups is 1. The zero-order valence-corrected chi connectivity index (χ0v) is 21.9. The number of halogens is 1. The molecule has 0 radical (unpaired) electrons. The Bertz CT molecular complexity index is 1170. The normalized spacial score (nSPS) is 17.4. The molecule has 6 nitrogen and oxygen atoms in total. The van der Waals surface area contributed by atoms with Gasteiger partial charge in [0.2, 0.25) is 5.95 Å². The Hall–Kier alpha value is -2.48. The molecule has 0 aliphatic carbocycles. The number of anilines is 4. The lowest BCUT2D eigenvalue weighted by Crippen LogP contribution is -2.44. The summed E-state index contributed by atoms with van der Waals surface area (Å²) in [5, 5.41) is 11.3. The Labute approximate surface area is 211 Å². The molecule has 0 bridgehead atoms. The Morgan fingerprint density at radius 2 is 2.00 bits per heavy atom. The fourth-order valence-electron chi connectivity index (χ4n) is 4.19. The Morgan fingerprint density at radius 3 is 2.74 bits per heavy atom. The fourth-order valence-corrected chi connectivity index (χ4v) is 5.23. The molecule has 2 aromatic carbocycles. The molecule has 34 heavy (non-hydrogen) atoms. The average molecular weight is 498 g/mol. The third kappa shape index (κ3) is 5.27. The Morgan fingerprint density at radius 1 is 1.21 bits per heavy atom. The molecule has 1 aliphatic heterocycles. The minimum atomic E-state index is -0.0609. The van der Waals surface area contributed by atoms with Gasteiger partial charge in [0.15, 0.2) is 5.82 Å². The molecule has 0 saturated carbocycles. The zero-order chi connectivity index (χ0) is 24.3. The van der Waals surface area contributed by atoms with E-state index < -0.39 is 0 Å². The van der Waals surface area contributed by atoms with Crippen molar-refractivity contribution in [1.82, 2.24) is 15.3 Å². The minimum Gasteiger partial charge on any atom is -0.495 e. The molecule has 1 aliphatic rings. The van der Waals surface area contributed by atoms with Crippen LogP contribution >= 0.6 is 23.4 Å². The van der Waals surface area contributed by atoms with Gasteiger partial charge in [-0.05, 0) is 55.2 Å². The van der Waals surface area contributed by atoms with Crippen molar-refractivity contribution in [1.29, 1.82) is 0 Å². The van der Waals surface area contributed by atoms with Crippen LogP contribution in [0.15, 0.2) is 47.5 Å². The molecule has 2 heterocycles. The number of nitrogens with one attached hydrogen (secondary N) is 3. The van der Waals surface area contributed by atoms with Gasteiger partial charge >= 0.3 is 0 Å². The molecule has 3 N–H and O–H groups in total. The van der Waals surface area contributed by atoms with E-state index in [-0.39, 0.29) is 5.54 Å². The number of nitrogens with zero attached hydrogens (tertiary/aromatic N) is 2. The van der Waals surface area contributed by atoms with Gasteiger partial charge in [-0.2, -0.15) is 4.98 Å². The minimum absolute atomic E-state index is 0.0609. The smallest absolute Gasteiger partial charge is 0.229 e. The largest absolute Gasteiger partial charge is 0.495 e. The maximum Gasteiger partial charge on any atom is 0.229 e. The first kappa shape index (κ1) is 24.6. The second kappa shape index (κ2) is 10.4. The topological polar surface area (TPSA) is 71.1 Å². The van der Waals surface area contributed by atoms with E-state index in [4.69, 9.17) is 16.3 Å². The summed E-state index contributed by atoms with van der Waals surface area (Å²) in [5.74, 6) is 1.76. The number of ether oxygens (including phenoxy) is 1. The molecule has 1 aromatic heterocycles. The van der Waals surface area contributed by atoms with E-state index in [1.807, 2.05) is 18.2 Å². The van der Waals surface area contributed by atoms with Crippen LogP contribution < -0.4 is 20.7 Å². The Kier molecular flexibility index (Phi) is 7.55. The van der Waals surface area contributed by atoms with Crippen molar-refractivity contribution >= 4 is 46.5 Å². The first-order valence-electron chi connectivity index (χ1n) is 11.6. The van der Waals surface area contributed by atoms with Crippen LogP contribution in [0, 0.1) is 0 Å². The van der Waals surface area contributed by atoms with Crippen molar-refractivity contribution in [2.75, 3.05) is 24.3 Å². The summed E-state index contributed by atoms with van der Waals surface area (Å²) >= 11 is 8.24. The highest BCUT2D eigenvalue weighted by Crippen LogP contribution is 2.39. The maximum absolute atomic E-state index is 6.45. The van der Waals surface area contributed by atoms with E-state index in [1.54, 1.807) is 25.1 Å². The van der Waals surface area contributed by atoms with Crippen LogP contribution in [0.1, 0.15) is 45.2 Å². The van der Waals surface area contributed by atoms with Gasteiger partial charge in [-0.3, -0.25) is 0 Å². The standard InChI is InChI=1S/C26H32ClN5OS/c1-6-26(4)18-14-22(33-5)21(13-17(18)11-12-29-26)31-25-28-15-19(27)24(32-25)30-20-9-7-8-10-23(20)34-16(2)3/h7-10,13-16,29H,6,11-12H2,1-5H3,(H2,28,30,31,32). The van der Waals surface area contributed by atoms with Crippen LogP contribution in [0.25, 0.3) is 0 Å². The summed E-state index contributed by atoms with van der Waals surface area (Å²) in [6, 6.07) is 12.4. The van der Waals surface area contributed by atoms with Crippen molar-refractivity contribution in [2.24, 2.45) is 0 Å². The van der Waals surface area contributed by atoms with Gasteiger partial charge in [0.1, 0.15) is 10.8 Å². The molecule has 0 amide bonds. The molecular formula is C26H32ClN5OS. The van der Waals surface area contributed by atoms with Crippen molar-refractivity contribution in [3.63, 3.8) is 0 Å². The molecule has 4 rings (SSSR count). The molecule has 0 spiro atoms. The quantitative estimate of drug-likeness (QED) is 0.292. The van der Waals surface area contributed by atoms with E-state index in [0.717, 1.165) is 41.4 Å². The summed E-state index contributed by atoms with van der Waals surface area (Å²) in [6.45, 7) is 9.74. The summed E-state index contributed by atoms with van der Waals surface area (Å²) in [6.07, 6.45) is 3.57. The Balaban J connectivity index is 1.64. The third-order valence-corrected chi connectivity index (χ3v) is 7.49. The van der Waals surface area contributed by atoms with Crippen molar-refractivity contribution < 1.29 is 4.74 Å². The number of fused-ring (bicyclic) bond motifs is 1. The molecule has 180 valence electrons. The number of rotatable bonds is 8. The number of aromatic nitrogens is 2. The second-order valence-corrected chi connectivity index (χ2v) is 10.9. The number of hydrogen-bond donors (Lipinski definition) is 3. The van der Waals surface area contributed by atoms with Gasteiger partial charge in [-0.15, -0.1) is 11.8 Å². The third-order valence-electron chi connectivity index (χ3n) is 6.13. The molecular weight excluding hydrogens is 466 g/mol. The van der Waals surface area contributed by atoms with Gasteiger partial charge in [-0.25, -0.2) is 4.98 Å². The van der Waals surface area contributed by atoms with E-state index in [0.29, 0.717) is 22.0 Å². The lowest BCUT2D eigenvalue weighted by atomic mass is 9.81. The zero-order valence-electron chi connectivity index (χ0n) is 20.3. The fraction of sp³-hybridized carbons (Fsp3) is 0.385.